The van der Waals surface area contributed by atoms with E-state index in [2.05, 4.69) is 10.1 Å². The molecule has 0 amide bonds. The van der Waals surface area contributed by atoms with Crippen LogP contribution in [0.4, 0.5) is 0 Å². The Labute approximate surface area is 132 Å². The number of hydrogen-bond donors (Lipinski definition) is 0. The summed E-state index contributed by atoms with van der Waals surface area (Å²) in [7, 11) is 0. The van der Waals surface area contributed by atoms with Gasteiger partial charge in [0.15, 0.2) is 0 Å². The molecular weight excluding hydrogens is 294 g/mol. The standard InChI is InChI=1S/C16H17N5O2/c1-3-19-15(22)18-14(21-10-4-9-17-21)20(16(19)23)11-13-7-5-12(2)6-8-13/h4-10H,3,11H2,1-2H3. The normalized spacial score (nSPS) is 10.9. The van der Waals surface area contributed by atoms with E-state index < -0.39 is 11.4 Å². The van der Waals surface area contributed by atoms with Crippen molar-refractivity contribution >= 4 is 0 Å². The zero-order valence-electron chi connectivity index (χ0n) is 13.0. The molecule has 3 rings (SSSR count). The summed E-state index contributed by atoms with van der Waals surface area (Å²) in [4.78, 5) is 28.7. The first-order chi connectivity index (χ1) is 11.1. The van der Waals surface area contributed by atoms with Gasteiger partial charge in [0.1, 0.15) is 0 Å². The second-order valence-corrected chi connectivity index (χ2v) is 5.24. The highest BCUT2D eigenvalue weighted by Crippen LogP contribution is 2.07. The largest absolute Gasteiger partial charge is 0.354 e. The van der Waals surface area contributed by atoms with Gasteiger partial charge < -0.3 is 0 Å². The molecular formula is C16H17N5O2. The van der Waals surface area contributed by atoms with E-state index in [1.807, 2.05) is 31.2 Å². The zero-order chi connectivity index (χ0) is 16.4. The SMILES string of the molecule is CCn1c(=O)nc(-n2cccn2)n(Cc2ccc(C)cc2)c1=O. The summed E-state index contributed by atoms with van der Waals surface area (Å²) in [5.41, 5.74) is 1.14. The Bertz CT molecular complexity index is 921. The maximum Gasteiger partial charge on any atom is 0.354 e. The van der Waals surface area contributed by atoms with Crippen LogP contribution >= 0.6 is 0 Å². The minimum absolute atomic E-state index is 0.218. The Morgan fingerprint density at radius 3 is 2.43 bits per heavy atom. The first-order valence-electron chi connectivity index (χ1n) is 7.37. The Kier molecular flexibility index (Phi) is 3.92. The number of aromatic nitrogens is 5. The van der Waals surface area contributed by atoms with Crippen molar-refractivity contribution in [3.8, 4) is 5.95 Å². The predicted octanol–water partition coefficient (Wildman–Crippen LogP) is 0.967. The van der Waals surface area contributed by atoms with Gasteiger partial charge in [-0.1, -0.05) is 29.8 Å². The number of aryl methyl sites for hydroxylation is 1. The highest BCUT2D eigenvalue weighted by atomic mass is 16.2. The van der Waals surface area contributed by atoms with E-state index in [-0.39, 0.29) is 12.5 Å². The molecule has 23 heavy (non-hydrogen) atoms. The lowest BCUT2D eigenvalue weighted by Gasteiger charge is -2.13. The molecule has 7 heteroatoms. The monoisotopic (exact) mass is 311 g/mol. The van der Waals surface area contributed by atoms with E-state index in [1.54, 1.807) is 25.4 Å². The Morgan fingerprint density at radius 2 is 1.83 bits per heavy atom. The second kappa shape index (κ2) is 6.04. The third-order valence-corrected chi connectivity index (χ3v) is 3.62. The van der Waals surface area contributed by atoms with Crippen molar-refractivity contribution in [3.63, 3.8) is 0 Å². The number of rotatable bonds is 4. The summed E-state index contributed by atoms with van der Waals surface area (Å²) < 4.78 is 4.00. The maximum atomic E-state index is 12.7. The molecule has 1 aromatic carbocycles. The summed E-state index contributed by atoms with van der Waals surface area (Å²) in [5, 5.41) is 4.09. The number of benzene rings is 1. The van der Waals surface area contributed by atoms with Gasteiger partial charge >= 0.3 is 11.4 Å². The van der Waals surface area contributed by atoms with Crippen LogP contribution in [-0.2, 0) is 13.1 Å². The average molecular weight is 311 g/mol. The van der Waals surface area contributed by atoms with Gasteiger partial charge in [-0.25, -0.2) is 18.8 Å². The molecule has 0 aliphatic rings. The molecule has 2 heterocycles. The fourth-order valence-electron chi connectivity index (χ4n) is 2.37. The van der Waals surface area contributed by atoms with Crippen molar-refractivity contribution in [2.75, 3.05) is 0 Å². The molecule has 0 unspecified atom stereocenters. The smallest absolute Gasteiger partial charge is 0.257 e. The summed E-state index contributed by atoms with van der Waals surface area (Å²) >= 11 is 0. The fourth-order valence-corrected chi connectivity index (χ4v) is 2.37. The molecule has 0 bridgehead atoms. The van der Waals surface area contributed by atoms with Crippen molar-refractivity contribution in [2.45, 2.75) is 26.9 Å². The van der Waals surface area contributed by atoms with E-state index in [0.29, 0.717) is 6.54 Å². The molecule has 2 aromatic heterocycles. The van der Waals surface area contributed by atoms with Gasteiger partial charge in [-0.15, -0.1) is 0 Å². The van der Waals surface area contributed by atoms with Gasteiger partial charge in [-0.3, -0.25) is 4.57 Å². The molecule has 0 N–H and O–H groups in total. The summed E-state index contributed by atoms with van der Waals surface area (Å²) in [5.74, 6) is 0.218. The lowest BCUT2D eigenvalue weighted by Crippen LogP contribution is -2.43. The molecule has 0 saturated heterocycles. The van der Waals surface area contributed by atoms with Crippen molar-refractivity contribution in [1.82, 2.24) is 23.9 Å². The molecule has 0 fully saturated rings. The van der Waals surface area contributed by atoms with E-state index in [1.165, 1.54) is 9.25 Å². The molecule has 7 nitrogen and oxygen atoms in total. The lowest BCUT2D eigenvalue weighted by atomic mass is 10.1. The molecule has 0 atom stereocenters. The van der Waals surface area contributed by atoms with E-state index in [9.17, 15) is 9.59 Å². The van der Waals surface area contributed by atoms with Crippen LogP contribution in [0, 0.1) is 6.92 Å². The van der Waals surface area contributed by atoms with Crippen LogP contribution in [0.3, 0.4) is 0 Å². The predicted molar refractivity (Wildman–Crippen MR) is 85.8 cm³/mol. The Morgan fingerprint density at radius 1 is 1.09 bits per heavy atom. The minimum atomic E-state index is -0.567. The van der Waals surface area contributed by atoms with Gasteiger partial charge in [0.25, 0.3) is 0 Å². The summed E-state index contributed by atoms with van der Waals surface area (Å²) in [6.07, 6.45) is 3.23. The molecule has 3 aromatic rings. The van der Waals surface area contributed by atoms with Crippen molar-refractivity contribution in [3.05, 3.63) is 74.8 Å². The molecule has 0 aliphatic carbocycles. The van der Waals surface area contributed by atoms with Crippen molar-refractivity contribution in [2.24, 2.45) is 0 Å². The minimum Gasteiger partial charge on any atom is -0.257 e. The van der Waals surface area contributed by atoms with Crippen LogP contribution in [0.2, 0.25) is 0 Å². The first kappa shape index (κ1) is 15.0. The van der Waals surface area contributed by atoms with E-state index >= 15 is 0 Å². The molecule has 0 saturated carbocycles. The van der Waals surface area contributed by atoms with E-state index in [0.717, 1.165) is 15.7 Å². The lowest BCUT2D eigenvalue weighted by molar-refractivity contribution is 0.543. The Balaban J connectivity index is 2.18. The topological polar surface area (TPSA) is 74.7 Å². The first-order valence-corrected chi connectivity index (χ1v) is 7.37. The molecule has 118 valence electrons. The van der Waals surface area contributed by atoms with Crippen LogP contribution < -0.4 is 11.4 Å². The highest BCUT2D eigenvalue weighted by Gasteiger charge is 2.14. The zero-order valence-corrected chi connectivity index (χ0v) is 13.0. The van der Waals surface area contributed by atoms with E-state index in [4.69, 9.17) is 0 Å². The van der Waals surface area contributed by atoms with Gasteiger partial charge in [0.05, 0.1) is 6.54 Å². The van der Waals surface area contributed by atoms with Crippen LogP contribution in [0.25, 0.3) is 5.95 Å². The third-order valence-electron chi connectivity index (χ3n) is 3.62. The van der Waals surface area contributed by atoms with Gasteiger partial charge in [0, 0.05) is 18.9 Å². The highest BCUT2D eigenvalue weighted by molar-refractivity contribution is 5.23. The quantitative estimate of drug-likeness (QED) is 0.719. The summed E-state index contributed by atoms with van der Waals surface area (Å²) in [6, 6.07) is 9.59. The number of nitrogens with zero attached hydrogens (tertiary/aromatic N) is 5. The molecule has 0 aliphatic heterocycles. The number of hydrogen-bond acceptors (Lipinski definition) is 4. The van der Waals surface area contributed by atoms with Gasteiger partial charge in [-0.05, 0) is 25.5 Å². The van der Waals surface area contributed by atoms with Crippen molar-refractivity contribution < 1.29 is 0 Å². The van der Waals surface area contributed by atoms with Crippen LogP contribution in [-0.4, -0.2) is 23.9 Å². The molecule has 0 spiro atoms. The average Bonchev–Trinajstić information content (AvgIpc) is 3.06. The summed E-state index contributed by atoms with van der Waals surface area (Å²) in [6.45, 7) is 4.34. The fraction of sp³-hybridized carbons (Fsp3) is 0.250. The van der Waals surface area contributed by atoms with Crippen molar-refractivity contribution in [1.29, 1.82) is 0 Å². The Hall–Kier alpha value is -2.96. The molecule has 0 radical (unpaired) electrons. The third kappa shape index (κ3) is 2.85. The van der Waals surface area contributed by atoms with Gasteiger partial charge in [0.2, 0.25) is 5.95 Å². The van der Waals surface area contributed by atoms with Crippen LogP contribution in [0.5, 0.6) is 0 Å². The van der Waals surface area contributed by atoms with Crippen LogP contribution in [0.1, 0.15) is 18.1 Å². The van der Waals surface area contributed by atoms with Gasteiger partial charge in [-0.2, -0.15) is 10.1 Å². The maximum absolute atomic E-state index is 12.7. The second-order valence-electron chi connectivity index (χ2n) is 5.24. The van der Waals surface area contributed by atoms with Crippen LogP contribution in [0.15, 0.2) is 52.3 Å².